The third kappa shape index (κ3) is 4.78. The Morgan fingerprint density at radius 2 is 1.97 bits per heavy atom. The van der Waals surface area contributed by atoms with Gasteiger partial charge in [-0.15, -0.1) is 4.40 Å². The first-order valence-electron chi connectivity index (χ1n) is 10.0. The van der Waals surface area contributed by atoms with E-state index in [-0.39, 0.29) is 27.4 Å². The maximum atomic E-state index is 12.7. The van der Waals surface area contributed by atoms with Gasteiger partial charge in [0.1, 0.15) is 10.7 Å². The van der Waals surface area contributed by atoms with Crippen molar-refractivity contribution >= 4 is 45.0 Å². The summed E-state index contributed by atoms with van der Waals surface area (Å²) in [6, 6.07) is 2.58. The van der Waals surface area contributed by atoms with Gasteiger partial charge in [-0.2, -0.15) is 8.42 Å². The summed E-state index contributed by atoms with van der Waals surface area (Å²) in [5.41, 5.74) is 0.309. The van der Waals surface area contributed by atoms with E-state index in [1.165, 1.54) is 12.1 Å². The molecule has 1 N–H and O–H groups in total. The topological polar surface area (TPSA) is 105 Å². The van der Waals surface area contributed by atoms with Crippen molar-refractivity contribution in [1.29, 1.82) is 0 Å². The first-order chi connectivity index (χ1) is 14.1. The molecule has 3 rings (SSSR count). The molecule has 30 heavy (non-hydrogen) atoms. The number of carbonyl (C=O) groups excluding carboxylic acids is 2. The van der Waals surface area contributed by atoms with Crippen molar-refractivity contribution in [1.82, 2.24) is 5.32 Å². The van der Waals surface area contributed by atoms with Crippen LogP contribution in [0.5, 0.6) is 0 Å². The predicted molar refractivity (Wildman–Crippen MR) is 115 cm³/mol. The van der Waals surface area contributed by atoms with E-state index < -0.39 is 28.5 Å². The second-order valence-electron chi connectivity index (χ2n) is 7.92. The van der Waals surface area contributed by atoms with E-state index in [0.29, 0.717) is 24.5 Å². The van der Waals surface area contributed by atoms with Gasteiger partial charge in [0.25, 0.3) is 15.9 Å². The second kappa shape index (κ2) is 8.93. The molecule has 0 saturated carbocycles. The zero-order chi connectivity index (χ0) is 22.1. The summed E-state index contributed by atoms with van der Waals surface area (Å²) in [4.78, 5) is 26.2. The third-order valence-corrected chi connectivity index (χ3v) is 7.03. The lowest BCUT2D eigenvalue weighted by atomic mass is 10.1. The van der Waals surface area contributed by atoms with Gasteiger partial charge in [0.2, 0.25) is 0 Å². The number of amides is 1. The molecule has 2 heterocycles. The molecule has 0 aromatic heterocycles. The van der Waals surface area contributed by atoms with Crippen LogP contribution in [0.15, 0.2) is 21.4 Å². The van der Waals surface area contributed by atoms with Crippen LogP contribution in [0.2, 0.25) is 5.02 Å². The van der Waals surface area contributed by atoms with E-state index in [1.807, 2.05) is 25.7 Å². The van der Waals surface area contributed by atoms with E-state index >= 15 is 0 Å². The van der Waals surface area contributed by atoms with Crippen LogP contribution in [0.1, 0.15) is 56.8 Å². The molecule has 2 aliphatic heterocycles. The van der Waals surface area contributed by atoms with Gasteiger partial charge in [-0.05, 0) is 37.8 Å². The smallest absolute Gasteiger partial charge is 0.340 e. The molecule has 1 saturated heterocycles. The molecule has 10 heteroatoms. The Balaban J connectivity index is 1.82. The number of nitrogens with one attached hydrogen (secondary N) is 1. The summed E-state index contributed by atoms with van der Waals surface area (Å²) in [5.74, 6) is -0.572. The molecule has 0 unspecified atom stereocenters. The minimum absolute atomic E-state index is 0.0652. The molecule has 1 aromatic rings. The largest absolute Gasteiger partial charge is 0.452 e. The lowest BCUT2D eigenvalue weighted by Gasteiger charge is -2.30. The fourth-order valence-electron chi connectivity index (χ4n) is 3.32. The van der Waals surface area contributed by atoms with Crippen molar-refractivity contribution in [2.24, 2.45) is 10.3 Å². The van der Waals surface area contributed by atoms with Gasteiger partial charge in [0.05, 0.1) is 16.3 Å². The number of ether oxygens (including phenoxy) is 1. The Labute approximate surface area is 181 Å². The number of anilines is 1. The number of fused-ring (bicyclic) bond motifs is 3. The highest BCUT2D eigenvalue weighted by Crippen LogP contribution is 2.38. The first kappa shape index (κ1) is 22.6. The van der Waals surface area contributed by atoms with E-state index in [9.17, 15) is 18.0 Å². The summed E-state index contributed by atoms with van der Waals surface area (Å²) in [5, 5.41) is 2.80. The lowest BCUT2D eigenvalue weighted by Crippen LogP contribution is -2.38. The monoisotopic (exact) mass is 455 g/mol. The maximum absolute atomic E-state index is 12.7. The summed E-state index contributed by atoms with van der Waals surface area (Å²) in [6.07, 6.45) is 3.34. The van der Waals surface area contributed by atoms with Gasteiger partial charge in [-0.25, -0.2) is 4.79 Å². The number of carbonyl (C=O) groups is 2. The summed E-state index contributed by atoms with van der Waals surface area (Å²) in [6.45, 7) is 5.93. The lowest BCUT2D eigenvalue weighted by molar-refractivity contribution is -0.125. The molecule has 0 spiro atoms. The number of sulfonamides is 1. The quantitative estimate of drug-likeness (QED) is 0.684. The normalized spacial score (nSPS) is 18.6. The Bertz CT molecular complexity index is 990. The highest BCUT2D eigenvalue weighted by molar-refractivity contribution is 7.90. The van der Waals surface area contributed by atoms with Gasteiger partial charge < -0.3 is 15.0 Å². The second-order valence-corrected chi connectivity index (χ2v) is 9.90. The maximum Gasteiger partial charge on any atom is 0.340 e. The molecule has 8 nitrogen and oxygen atoms in total. The van der Waals surface area contributed by atoms with Crippen LogP contribution in [-0.2, 0) is 19.6 Å². The van der Waals surface area contributed by atoms with Crippen LogP contribution >= 0.6 is 11.6 Å². The van der Waals surface area contributed by atoms with Crippen LogP contribution in [-0.4, -0.2) is 45.3 Å². The molecule has 0 bridgehead atoms. The van der Waals surface area contributed by atoms with E-state index in [2.05, 4.69) is 9.71 Å². The Morgan fingerprint density at radius 1 is 1.23 bits per heavy atom. The number of hydrogen-bond acceptors (Lipinski definition) is 6. The van der Waals surface area contributed by atoms with Gasteiger partial charge >= 0.3 is 5.97 Å². The molecular formula is C20H26ClN3O5S. The molecule has 1 aromatic carbocycles. The molecular weight excluding hydrogens is 430 g/mol. The van der Waals surface area contributed by atoms with Gasteiger partial charge in [-0.1, -0.05) is 31.9 Å². The molecule has 164 valence electrons. The standard InChI is InChI=1S/C20H26ClN3O5S/c1-12(2)13(3)22-19(25)11-29-20(26)14-9-17-16(10-15(14)21)24-8-6-4-5-7-18(24)23-30(17,27)28/h9-10,12-13H,4-8,11H2,1-3H3,(H,22,25)/t13-/m1/s1. The van der Waals surface area contributed by atoms with Crippen LogP contribution in [0.25, 0.3) is 0 Å². The predicted octanol–water partition coefficient (Wildman–Crippen LogP) is 3.14. The number of rotatable bonds is 5. The molecule has 1 atom stereocenters. The number of amidine groups is 1. The van der Waals surface area contributed by atoms with E-state index in [0.717, 1.165) is 19.3 Å². The number of halogens is 1. The van der Waals surface area contributed by atoms with Crippen molar-refractivity contribution in [2.45, 2.75) is 57.4 Å². The Morgan fingerprint density at radius 3 is 2.67 bits per heavy atom. The Hall–Kier alpha value is -2.13. The minimum Gasteiger partial charge on any atom is -0.452 e. The third-order valence-electron chi connectivity index (χ3n) is 5.38. The van der Waals surface area contributed by atoms with Crippen molar-refractivity contribution in [3.8, 4) is 0 Å². The fraction of sp³-hybridized carbons (Fsp3) is 0.550. The summed E-state index contributed by atoms with van der Waals surface area (Å²) in [7, 11) is -3.96. The average Bonchev–Trinajstić information content (AvgIpc) is 2.90. The number of nitrogens with zero attached hydrogens (tertiary/aromatic N) is 2. The van der Waals surface area contributed by atoms with Crippen molar-refractivity contribution in [3.63, 3.8) is 0 Å². The number of benzene rings is 1. The van der Waals surface area contributed by atoms with Crippen molar-refractivity contribution in [3.05, 3.63) is 22.7 Å². The SMILES string of the molecule is CC(C)[C@@H](C)NC(=O)COC(=O)c1cc2c(cc1Cl)N1CCCCCC1=NS2(=O)=O. The summed E-state index contributed by atoms with van der Waals surface area (Å²) >= 11 is 6.30. The van der Waals surface area contributed by atoms with E-state index in [1.54, 1.807) is 0 Å². The summed E-state index contributed by atoms with van der Waals surface area (Å²) < 4.78 is 34.4. The van der Waals surface area contributed by atoms with Crippen LogP contribution in [0.4, 0.5) is 5.69 Å². The molecule has 1 amide bonds. The van der Waals surface area contributed by atoms with Gasteiger partial charge in [0.15, 0.2) is 6.61 Å². The van der Waals surface area contributed by atoms with Crippen molar-refractivity contribution in [2.75, 3.05) is 18.1 Å². The van der Waals surface area contributed by atoms with Crippen LogP contribution in [0, 0.1) is 5.92 Å². The highest BCUT2D eigenvalue weighted by Gasteiger charge is 2.33. The van der Waals surface area contributed by atoms with Gasteiger partial charge in [0, 0.05) is 19.0 Å². The van der Waals surface area contributed by atoms with Crippen LogP contribution < -0.4 is 10.2 Å². The first-order valence-corrected chi connectivity index (χ1v) is 11.8. The van der Waals surface area contributed by atoms with Crippen LogP contribution in [0.3, 0.4) is 0 Å². The number of hydrogen-bond donors (Lipinski definition) is 1. The average molecular weight is 456 g/mol. The Kier molecular flexibility index (Phi) is 6.71. The minimum atomic E-state index is -3.96. The van der Waals surface area contributed by atoms with E-state index in [4.69, 9.17) is 16.3 Å². The van der Waals surface area contributed by atoms with Gasteiger partial charge in [-0.3, -0.25) is 4.79 Å². The zero-order valence-electron chi connectivity index (χ0n) is 17.3. The molecule has 1 fully saturated rings. The highest BCUT2D eigenvalue weighted by atomic mass is 35.5. The fourth-order valence-corrected chi connectivity index (χ4v) is 4.83. The molecule has 2 aliphatic rings. The molecule has 0 radical (unpaired) electrons. The zero-order valence-corrected chi connectivity index (χ0v) is 18.8. The van der Waals surface area contributed by atoms with Crippen molar-refractivity contribution < 1.29 is 22.7 Å². The number of esters is 1. The molecule has 0 aliphatic carbocycles.